The molecule has 0 amide bonds. The van der Waals surface area contributed by atoms with E-state index >= 15 is 0 Å². The average Bonchev–Trinajstić information content (AvgIpc) is 1.97. The molecule has 0 atom stereocenters. The highest BCUT2D eigenvalue weighted by Gasteiger charge is 2.02. The lowest BCUT2D eigenvalue weighted by Crippen LogP contribution is -1.96. The summed E-state index contributed by atoms with van der Waals surface area (Å²) in [7, 11) is 1.61. The summed E-state index contributed by atoms with van der Waals surface area (Å²) < 4.78 is 4.93. The molecular formula is C8H10ClNO. The van der Waals surface area contributed by atoms with Crippen LogP contribution in [-0.2, 0) is 11.3 Å². The summed E-state index contributed by atoms with van der Waals surface area (Å²) in [6.45, 7) is 0.464. The quantitative estimate of drug-likeness (QED) is 0.692. The van der Waals surface area contributed by atoms with Crippen molar-refractivity contribution in [2.45, 2.75) is 6.61 Å². The first-order valence-corrected chi connectivity index (χ1v) is 3.65. The molecule has 0 aliphatic heterocycles. The van der Waals surface area contributed by atoms with E-state index in [1.165, 1.54) is 0 Å². The number of halogens is 1. The van der Waals surface area contributed by atoms with Gasteiger partial charge in [0, 0.05) is 23.4 Å². The Balaban J connectivity index is 3.00. The number of ether oxygens (including phenoxy) is 1. The number of anilines is 1. The topological polar surface area (TPSA) is 35.2 Å². The third-order valence-electron chi connectivity index (χ3n) is 1.44. The number of nitrogen functional groups attached to an aromatic ring is 1. The van der Waals surface area contributed by atoms with Crippen molar-refractivity contribution in [2.75, 3.05) is 12.8 Å². The van der Waals surface area contributed by atoms with Crippen LogP contribution in [0.25, 0.3) is 0 Å². The number of hydrogen-bond acceptors (Lipinski definition) is 2. The Bertz CT molecular complexity index is 230. The maximum atomic E-state index is 5.85. The standard InChI is InChI=1S/C8H10ClNO/c1-11-5-6-7(9)3-2-4-8(6)10/h2-4H,5,10H2,1H3. The summed E-state index contributed by atoms with van der Waals surface area (Å²) in [4.78, 5) is 0. The number of hydrogen-bond donors (Lipinski definition) is 1. The molecule has 1 rings (SSSR count). The summed E-state index contributed by atoms with van der Waals surface area (Å²) in [5.74, 6) is 0. The van der Waals surface area contributed by atoms with Gasteiger partial charge in [0.05, 0.1) is 6.61 Å². The average molecular weight is 172 g/mol. The van der Waals surface area contributed by atoms with Crippen molar-refractivity contribution >= 4 is 17.3 Å². The first kappa shape index (κ1) is 8.37. The van der Waals surface area contributed by atoms with Crippen LogP contribution in [0, 0.1) is 0 Å². The summed E-state index contributed by atoms with van der Waals surface area (Å²) in [6.07, 6.45) is 0. The SMILES string of the molecule is COCc1c(N)cccc1Cl. The monoisotopic (exact) mass is 171 g/mol. The highest BCUT2D eigenvalue weighted by atomic mass is 35.5. The van der Waals surface area contributed by atoms with Crippen molar-refractivity contribution in [1.82, 2.24) is 0 Å². The van der Waals surface area contributed by atoms with E-state index in [0.717, 1.165) is 5.56 Å². The van der Waals surface area contributed by atoms with Gasteiger partial charge in [-0.05, 0) is 12.1 Å². The number of benzene rings is 1. The van der Waals surface area contributed by atoms with Crippen LogP contribution in [0.3, 0.4) is 0 Å². The number of methoxy groups -OCH3 is 1. The molecule has 2 nitrogen and oxygen atoms in total. The van der Waals surface area contributed by atoms with Gasteiger partial charge in [-0.1, -0.05) is 17.7 Å². The normalized spacial score (nSPS) is 10.0. The summed E-state index contributed by atoms with van der Waals surface area (Å²) >= 11 is 5.85. The van der Waals surface area contributed by atoms with Gasteiger partial charge in [-0.25, -0.2) is 0 Å². The van der Waals surface area contributed by atoms with Crippen molar-refractivity contribution in [1.29, 1.82) is 0 Å². The van der Waals surface area contributed by atoms with Crippen LogP contribution < -0.4 is 5.73 Å². The molecule has 0 fully saturated rings. The second-order valence-corrected chi connectivity index (χ2v) is 2.65. The van der Waals surface area contributed by atoms with E-state index < -0.39 is 0 Å². The van der Waals surface area contributed by atoms with Gasteiger partial charge in [-0.3, -0.25) is 0 Å². The van der Waals surface area contributed by atoms with Crippen LogP contribution in [0.5, 0.6) is 0 Å². The molecule has 60 valence electrons. The molecule has 0 spiro atoms. The number of nitrogens with two attached hydrogens (primary N) is 1. The zero-order valence-corrected chi connectivity index (χ0v) is 7.06. The van der Waals surface area contributed by atoms with Crippen molar-refractivity contribution < 1.29 is 4.74 Å². The maximum absolute atomic E-state index is 5.85. The second-order valence-electron chi connectivity index (χ2n) is 2.24. The molecular weight excluding hydrogens is 162 g/mol. The van der Waals surface area contributed by atoms with Gasteiger partial charge in [-0.15, -0.1) is 0 Å². The van der Waals surface area contributed by atoms with Crippen LogP contribution in [0.1, 0.15) is 5.56 Å². The van der Waals surface area contributed by atoms with E-state index in [1.54, 1.807) is 19.2 Å². The van der Waals surface area contributed by atoms with Crippen molar-refractivity contribution in [3.05, 3.63) is 28.8 Å². The van der Waals surface area contributed by atoms with Gasteiger partial charge in [0.15, 0.2) is 0 Å². The summed E-state index contributed by atoms with van der Waals surface area (Å²) in [5, 5.41) is 0.659. The largest absolute Gasteiger partial charge is 0.398 e. The Morgan fingerprint density at radius 3 is 2.82 bits per heavy atom. The Morgan fingerprint density at radius 2 is 2.27 bits per heavy atom. The Hall–Kier alpha value is -0.730. The molecule has 1 aromatic carbocycles. The van der Waals surface area contributed by atoms with E-state index in [4.69, 9.17) is 22.1 Å². The zero-order valence-electron chi connectivity index (χ0n) is 6.30. The third kappa shape index (κ3) is 1.85. The molecule has 2 N–H and O–H groups in total. The molecule has 0 saturated carbocycles. The second kappa shape index (κ2) is 3.60. The van der Waals surface area contributed by atoms with Gasteiger partial charge in [-0.2, -0.15) is 0 Å². The predicted molar refractivity (Wildman–Crippen MR) is 46.6 cm³/mol. The molecule has 0 saturated heterocycles. The van der Waals surface area contributed by atoms with E-state index in [-0.39, 0.29) is 0 Å². The summed E-state index contributed by atoms with van der Waals surface area (Å²) in [6, 6.07) is 5.42. The van der Waals surface area contributed by atoms with Crippen LogP contribution in [0.2, 0.25) is 5.02 Å². The lowest BCUT2D eigenvalue weighted by atomic mass is 10.2. The highest BCUT2D eigenvalue weighted by molar-refractivity contribution is 6.31. The van der Waals surface area contributed by atoms with Crippen LogP contribution in [-0.4, -0.2) is 7.11 Å². The first-order chi connectivity index (χ1) is 5.25. The molecule has 0 aromatic heterocycles. The molecule has 3 heteroatoms. The molecule has 0 bridgehead atoms. The zero-order chi connectivity index (χ0) is 8.27. The fraction of sp³-hybridized carbons (Fsp3) is 0.250. The molecule has 0 aliphatic carbocycles. The molecule has 0 heterocycles. The number of rotatable bonds is 2. The lowest BCUT2D eigenvalue weighted by Gasteiger charge is -2.05. The smallest absolute Gasteiger partial charge is 0.0747 e. The van der Waals surface area contributed by atoms with Crippen LogP contribution in [0.15, 0.2) is 18.2 Å². The van der Waals surface area contributed by atoms with Gasteiger partial charge in [0.2, 0.25) is 0 Å². The van der Waals surface area contributed by atoms with Crippen molar-refractivity contribution in [3.8, 4) is 0 Å². The van der Waals surface area contributed by atoms with Gasteiger partial charge >= 0.3 is 0 Å². The highest BCUT2D eigenvalue weighted by Crippen LogP contribution is 2.22. The maximum Gasteiger partial charge on any atom is 0.0747 e. The first-order valence-electron chi connectivity index (χ1n) is 3.27. The van der Waals surface area contributed by atoms with E-state index in [0.29, 0.717) is 17.3 Å². The van der Waals surface area contributed by atoms with Gasteiger partial charge in [0.25, 0.3) is 0 Å². The molecule has 0 radical (unpaired) electrons. The van der Waals surface area contributed by atoms with Crippen LogP contribution in [0.4, 0.5) is 5.69 Å². The molecule has 11 heavy (non-hydrogen) atoms. The Kier molecular flexibility index (Phi) is 2.74. The van der Waals surface area contributed by atoms with Gasteiger partial charge < -0.3 is 10.5 Å². The molecule has 0 aliphatic rings. The minimum Gasteiger partial charge on any atom is -0.398 e. The van der Waals surface area contributed by atoms with E-state index in [1.807, 2.05) is 6.07 Å². The van der Waals surface area contributed by atoms with Crippen molar-refractivity contribution in [3.63, 3.8) is 0 Å². The van der Waals surface area contributed by atoms with Crippen molar-refractivity contribution in [2.24, 2.45) is 0 Å². The summed E-state index contributed by atoms with van der Waals surface area (Å²) in [5.41, 5.74) is 7.18. The fourth-order valence-electron chi connectivity index (χ4n) is 0.872. The third-order valence-corrected chi connectivity index (χ3v) is 1.80. The van der Waals surface area contributed by atoms with Crippen LogP contribution >= 0.6 is 11.6 Å². The lowest BCUT2D eigenvalue weighted by molar-refractivity contribution is 0.185. The predicted octanol–water partition coefficient (Wildman–Crippen LogP) is 2.07. The van der Waals surface area contributed by atoms with E-state index in [2.05, 4.69) is 0 Å². The molecule has 1 aromatic rings. The Morgan fingerprint density at radius 1 is 1.55 bits per heavy atom. The minimum absolute atomic E-state index is 0.464. The van der Waals surface area contributed by atoms with E-state index in [9.17, 15) is 0 Å². The Labute approximate surface area is 70.9 Å². The molecule has 0 unspecified atom stereocenters. The minimum atomic E-state index is 0.464. The fourth-order valence-corrected chi connectivity index (χ4v) is 1.11. The van der Waals surface area contributed by atoms with Gasteiger partial charge in [0.1, 0.15) is 0 Å².